The first-order chi connectivity index (χ1) is 22.9. The minimum Gasteiger partial charge on any atom is -0.462 e. The van der Waals surface area contributed by atoms with Gasteiger partial charge in [-0.3, -0.25) is 24.0 Å². The van der Waals surface area contributed by atoms with Crippen LogP contribution in [-0.2, 0) is 47.7 Å². The molecule has 0 saturated heterocycles. The molecule has 2 bridgehead atoms. The fraction of sp³-hybridized carbons (Fsp3) is 0.605. The molecule has 4 rings (SSSR count). The first kappa shape index (κ1) is 37.8. The Morgan fingerprint density at radius 3 is 1.96 bits per heavy atom. The van der Waals surface area contributed by atoms with Crippen LogP contribution in [-0.4, -0.2) is 67.4 Å². The molecule has 0 heterocycles. The lowest BCUT2D eigenvalue weighted by Gasteiger charge is -2.59. The molecule has 1 N–H and O–H groups in total. The smallest absolute Gasteiger partial charge is 0.308 e. The Hall–Kier alpha value is -3.99. The highest BCUT2D eigenvalue weighted by molar-refractivity contribution is 5.71. The number of hydrogen-bond donors (Lipinski definition) is 1. The lowest BCUT2D eigenvalue weighted by atomic mass is 9.49. The molecular formula is C38H51NO10. The summed E-state index contributed by atoms with van der Waals surface area (Å²) in [6.07, 6.45) is -3.63. The minimum atomic E-state index is -1.18. The zero-order valence-electron chi connectivity index (χ0n) is 30.1. The standard InChI is InChI=1S/C38H51NO10/c1-20-28-16-27-17-30(45-22(3)40)21(2)34(37(27,7)8)35(47-24(5)42)36(48-25(6)43)38(28,9)32(46-23(4)41)19-31(20)49-33(44)18-29(39-10)26-14-12-11-13-15-26/h11-15,27-32,35-36,39H,1,16-19H2,2-10H3/t27-,28-,29?,30+,31+,32+,35-,36+,38+/m1/s1. The molecule has 1 aromatic carbocycles. The zero-order valence-corrected chi connectivity index (χ0v) is 30.1. The molecule has 0 amide bonds. The third kappa shape index (κ3) is 7.77. The molecule has 268 valence electrons. The molecule has 49 heavy (non-hydrogen) atoms. The second-order valence-corrected chi connectivity index (χ2v) is 14.4. The number of ether oxygens (including phenoxy) is 5. The van der Waals surface area contributed by atoms with Gasteiger partial charge in [0, 0.05) is 40.2 Å². The molecular weight excluding hydrogens is 630 g/mol. The van der Waals surface area contributed by atoms with Gasteiger partial charge in [0.1, 0.15) is 18.3 Å². The van der Waals surface area contributed by atoms with Crippen LogP contribution in [0.5, 0.6) is 0 Å². The molecule has 1 unspecified atom stereocenters. The monoisotopic (exact) mass is 681 g/mol. The van der Waals surface area contributed by atoms with Gasteiger partial charge in [0.25, 0.3) is 0 Å². The number of carbonyl (C=O) groups excluding carboxylic acids is 5. The Labute approximate surface area is 289 Å². The van der Waals surface area contributed by atoms with E-state index in [1.54, 1.807) is 7.05 Å². The summed E-state index contributed by atoms with van der Waals surface area (Å²) in [5.41, 5.74) is 1.10. The van der Waals surface area contributed by atoms with Crippen LogP contribution >= 0.6 is 0 Å². The van der Waals surface area contributed by atoms with E-state index < -0.39 is 77.1 Å². The molecule has 0 aromatic heterocycles. The summed E-state index contributed by atoms with van der Waals surface area (Å²) >= 11 is 0. The van der Waals surface area contributed by atoms with Gasteiger partial charge in [-0.15, -0.1) is 0 Å². The Kier molecular flexibility index (Phi) is 11.5. The highest BCUT2D eigenvalue weighted by Gasteiger charge is 2.64. The predicted molar refractivity (Wildman–Crippen MR) is 180 cm³/mol. The molecule has 11 heteroatoms. The van der Waals surface area contributed by atoms with E-state index in [2.05, 4.69) is 11.9 Å². The Morgan fingerprint density at radius 2 is 1.41 bits per heavy atom. The third-order valence-corrected chi connectivity index (χ3v) is 10.9. The quantitative estimate of drug-likeness (QED) is 0.205. The van der Waals surface area contributed by atoms with Crippen LogP contribution in [0.2, 0.25) is 0 Å². The molecule has 2 saturated carbocycles. The molecule has 0 spiro atoms. The van der Waals surface area contributed by atoms with Gasteiger partial charge in [-0.2, -0.15) is 0 Å². The Balaban J connectivity index is 1.86. The summed E-state index contributed by atoms with van der Waals surface area (Å²) in [5, 5.41) is 3.17. The molecule has 2 fully saturated rings. The zero-order chi connectivity index (χ0) is 36.4. The van der Waals surface area contributed by atoms with Crippen molar-refractivity contribution < 1.29 is 47.7 Å². The van der Waals surface area contributed by atoms with Crippen molar-refractivity contribution in [1.82, 2.24) is 5.32 Å². The van der Waals surface area contributed by atoms with E-state index in [4.69, 9.17) is 23.7 Å². The fourth-order valence-corrected chi connectivity index (χ4v) is 8.56. The summed E-state index contributed by atoms with van der Waals surface area (Å²) < 4.78 is 30.2. The van der Waals surface area contributed by atoms with E-state index in [9.17, 15) is 24.0 Å². The summed E-state index contributed by atoms with van der Waals surface area (Å²) in [5.74, 6) is -3.43. The van der Waals surface area contributed by atoms with E-state index >= 15 is 0 Å². The van der Waals surface area contributed by atoms with Gasteiger partial charge in [0.2, 0.25) is 0 Å². The molecule has 3 aliphatic rings. The highest BCUT2D eigenvalue weighted by atomic mass is 16.6. The topological polar surface area (TPSA) is 144 Å². The van der Waals surface area contributed by atoms with E-state index in [1.807, 2.05) is 58.0 Å². The number of nitrogens with one attached hydrogen (secondary N) is 1. The van der Waals surface area contributed by atoms with Crippen molar-refractivity contribution in [3.8, 4) is 0 Å². The molecule has 1 aromatic rings. The van der Waals surface area contributed by atoms with E-state index in [0.717, 1.165) is 5.56 Å². The van der Waals surface area contributed by atoms with Crippen LogP contribution in [0.15, 0.2) is 53.6 Å². The van der Waals surface area contributed by atoms with E-state index in [0.29, 0.717) is 29.6 Å². The highest BCUT2D eigenvalue weighted by Crippen LogP contribution is 2.61. The van der Waals surface area contributed by atoms with E-state index in [1.165, 1.54) is 27.7 Å². The van der Waals surface area contributed by atoms with Crippen molar-refractivity contribution in [3.05, 3.63) is 59.2 Å². The maximum absolute atomic E-state index is 13.5. The summed E-state index contributed by atoms with van der Waals surface area (Å²) in [6, 6.07) is 9.26. The summed E-state index contributed by atoms with van der Waals surface area (Å²) in [6.45, 7) is 17.5. The van der Waals surface area contributed by atoms with Crippen molar-refractivity contribution in [2.24, 2.45) is 22.7 Å². The van der Waals surface area contributed by atoms with Crippen LogP contribution < -0.4 is 5.32 Å². The van der Waals surface area contributed by atoms with Crippen molar-refractivity contribution in [3.63, 3.8) is 0 Å². The summed E-state index contributed by atoms with van der Waals surface area (Å²) in [4.78, 5) is 64.2. The fourth-order valence-electron chi connectivity index (χ4n) is 8.56. The minimum absolute atomic E-state index is 0.0439. The van der Waals surface area contributed by atoms with Crippen molar-refractivity contribution in [1.29, 1.82) is 0 Å². The van der Waals surface area contributed by atoms with Crippen LogP contribution in [0.3, 0.4) is 0 Å². The van der Waals surface area contributed by atoms with Crippen molar-refractivity contribution in [2.45, 2.75) is 118 Å². The van der Waals surface area contributed by atoms with Gasteiger partial charge < -0.3 is 29.0 Å². The summed E-state index contributed by atoms with van der Waals surface area (Å²) in [7, 11) is 1.77. The average molecular weight is 682 g/mol. The number of carbonyl (C=O) groups is 5. The number of fused-ring (bicyclic) bond motifs is 3. The van der Waals surface area contributed by atoms with Gasteiger partial charge >= 0.3 is 29.8 Å². The van der Waals surface area contributed by atoms with Crippen LogP contribution in [0.4, 0.5) is 0 Å². The maximum Gasteiger partial charge on any atom is 0.308 e. The first-order valence-electron chi connectivity index (χ1n) is 16.9. The number of rotatable bonds is 9. The second kappa shape index (κ2) is 14.9. The number of benzene rings is 1. The van der Waals surface area contributed by atoms with Crippen molar-refractivity contribution >= 4 is 29.8 Å². The predicted octanol–water partition coefficient (Wildman–Crippen LogP) is 5.32. The normalized spacial score (nSPS) is 31.2. The average Bonchev–Trinajstić information content (AvgIpc) is 3.00. The lowest BCUT2D eigenvalue weighted by Crippen LogP contribution is -2.64. The largest absolute Gasteiger partial charge is 0.462 e. The van der Waals surface area contributed by atoms with Gasteiger partial charge in [0.05, 0.1) is 11.8 Å². The van der Waals surface area contributed by atoms with E-state index in [-0.39, 0.29) is 24.8 Å². The van der Waals surface area contributed by atoms with Crippen LogP contribution in [0.1, 0.15) is 92.7 Å². The van der Waals surface area contributed by atoms with Crippen LogP contribution in [0.25, 0.3) is 0 Å². The van der Waals surface area contributed by atoms with Gasteiger partial charge in [0.15, 0.2) is 12.2 Å². The van der Waals surface area contributed by atoms with Crippen LogP contribution in [0, 0.1) is 22.7 Å². The van der Waals surface area contributed by atoms with Gasteiger partial charge in [-0.1, -0.05) is 57.7 Å². The Bertz CT molecular complexity index is 1500. The maximum atomic E-state index is 13.5. The lowest BCUT2D eigenvalue weighted by molar-refractivity contribution is -0.212. The number of hydrogen-bond acceptors (Lipinski definition) is 11. The number of esters is 5. The van der Waals surface area contributed by atoms with Gasteiger partial charge in [-0.25, -0.2) is 0 Å². The van der Waals surface area contributed by atoms with Gasteiger partial charge in [-0.05, 0) is 66.3 Å². The molecule has 9 atom stereocenters. The molecule has 0 aliphatic heterocycles. The Morgan fingerprint density at radius 1 is 0.816 bits per heavy atom. The molecule has 0 radical (unpaired) electrons. The first-order valence-corrected chi connectivity index (χ1v) is 16.9. The molecule has 3 aliphatic carbocycles. The SMILES string of the molecule is C=C1[C@@H](OC(=O)CC(NC)c2ccccc2)C[C@H](OC(C)=O)[C@]2(C)[C@@H]1C[C@@H]1C[C@H](OC(C)=O)C(C)=C([C@@H](OC(C)=O)[C@@H]2OC(C)=O)C1(C)C. The third-order valence-electron chi connectivity index (χ3n) is 10.9. The molecule has 11 nitrogen and oxygen atoms in total. The second-order valence-electron chi connectivity index (χ2n) is 14.4. The van der Waals surface area contributed by atoms with Crippen molar-refractivity contribution in [2.75, 3.05) is 7.05 Å².